The Labute approximate surface area is 91.8 Å². The van der Waals surface area contributed by atoms with Crippen molar-refractivity contribution >= 4 is 21.9 Å². The summed E-state index contributed by atoms with van der Waals surface area (Å²) in [5.74, 6) is 0.646. The van der Waals surface area contributed by atoms with Crippen LogP contribution in [-0.4, -0.2) is 53.0 Å². The third-order valence-electron chi connectivity index (χ3n) is 2.22. The average Bonchev–Trinajstić information content (AvgIpc) is 2.02. The Bertz CT molecular complexity index is 128. The first-order valence-electron chi connectivity index (χ1n) is 5.31. The molecule has 2 nitrogen and oxygen atoms in total. The van der Waals surface area contributed by atoms with Crippen molar-refractivity contribution in [1.29, 1.82) is 0 Å². The van der Waals surface area contributed by atoms with E-state index in [-0.39, 0.29) is 0 Å². The van der Waals surface area contributed by atoms with Gasteiger partial charge in [0.2, 0.25) is 0 Å². The van der Waals surface area contributed by atoms with Gasteiger partial charge in [-0.1, -0.05) is 0 Å². The van der Waals surface area contributed by atoms with Gasteiger partial charge in [-0.3, -0.25) is 0 Å². The predicted octanol–water partition coefficient (Wildman–Crippen LogP) is 2.23. The maximum atomic E-state index is 6.05. The van der Waals surface area contributed by atoms with E-state index >= 15 is 0 Å². The van der Waals surface area contributed by atoms with E-state index in [0.29, 0.717) is 12.0 Å². The van der Waals surface area contributed by atoms with E-state index in [0.717, 1.165) is 13.1 Å². The monoisotopic (exact) mass is 289 g/mol. The first-order chi connectivity index (χ1) is 5.97. The number of likely N-dealkylation sites (N-methyl/N-ethyl adjacent to an activating group) is 1. The van der Waals surface area contributed by atoms with Crippen molar-refractivity contribution in [3.05, 3.63) is 0 Å². The van der Waals surface area contributed by atoms with Crippen LogP contribution in [0, 0.1) is 5.92 Å². The summed E-state index contributed by atoms with van der Waals surface area (Å²) in [5, 5.41) is 0. The fraction of sp³-hybridized carbons (Fsp3) is 1.00. The van der Waals surface area contributed by atoms with Gasteiger partial charge in [0.15, 0.2) is 0 Å². The molecule has 0 aliphatic carbocycles. The predicted molar refractivity (Wildman–Crippen MR) is 60.4 cm³/mol. The van der Waals surface area contributed by atoms with Gasteiger partial charge in [0, 0.05) is 0 Å². The summed E-state index contributed by atoms with van der Waals surface area (Å²) in [4.78, 5) is 2.33. The molecule has 0 saturated carbocycles. The molecule has 1 atom stereocenters. The zero-order chi connectivity index (χ0) is 10.4. The van der Waals surface area contributed by atoms with Crippen LogP contribution in [0.3, 0.4) is 0 Å². The summed E-state index contributed by atoms with van der Waals surface area (Å²) in [5.41, 5.74) is 0. The van der Waals surface area contributed by atoms with Gasteiger partial charge in [-0.2, -0.15) is 0 Å². The van der Waals surface area contributed by atoms with Gasteiger partial charge in [-0.15, -0.1) is 0 Å². The topological polar surface area (TPSA) is 12.5 Å². The minimum absolute atomic E-state index is 0.459. The molecular weight excluding hydrogens is 265 g/mol. The molecule has 0 aromatic rings. The maximum absolute atomic E-state index is 6.05. The standard InChI is InChI=1S/C8H18NO.2CH3.In/c1-5-9(4)6-8(10)7(2)3;;;/h7-8H,5-6H2,1-4H3;2*1H3;/q-1;;;+1. The van der Waals surface area contributed by atoms with Crippen LogP contribution >= 0.6 is 0 Å². The van der Waals surface area contributed by atoms with Crippen LogP contribution in [0.4, 0.5) is 0 Å². The van der Waals surface area contributed by atoms with Crippen LogP contribution in [0.15, 0.2) is 0 Å². The first kappa shape index (κ1) is 13.8. The minimum atomic E-state index is -1.50. The summed E-state index contributed by atoms with van der Waals surface area (Å²) < 4.78 is 10.7. The second-order valence-electron chi connectivity index (χ2n) is 4.32. The zero-order valence-corrected chi connectivity index (χ0v) is 13.3. The SMILES string of the molecule is CCN(C)CC([O][In]([CH3])[CH3])C(C)C. The molecule has 0 fully saturated rings. The summed E-state index contributed by atoms with van der Waals surface area (Å²) in [7, 11) is 2.16. The third kappa shape index (κ3) is 6.81. The second-order valence-corrected chi connectivity index (χ2v) is 11.1. The molecule has 13 heavy (non-hydrogen) atoms. The Morgan fingerprint density at radius 3 is 2.15 bits per heavy atom. The fourth-order valence-corrected chi connectivity index (χ4v) is 4.33. The van der Waals surface area contributed by atoms with E-state index in [2.05, 4.69) is 42.1 Å². The van der Waals surface area contributed by atoms with E-state index in [1.54, 1.807) is 0 Å². The van der Waals surface area contributed by atoms with Crippen molar-refractivity contribution in [2.24, 2.45) is 5.92 Å². The van der Waals surface area contributed by atoms with Crippen LogP contribution in [0.5, 0.6) is 0 Å². The Balaban J connectivity index is 3.94. The first-order valence-corrected chi connectivity index (χ1v) is 13.2. The normalized spacial score (nSPS) is 13.8. The van der Waals surface area contributed by atoms with Crippen molar-refractivity contribution in [3.63, 3.8) is 0 Å². The molecule has 0 aromatic heterocycles. The molecule has 0 rings (SSSR count). The van der Waals surface area contributed by atoms with Crippen LogP contribution in [0.1, 0.15) is 20.8 Å². The van der Waals surface area contributed by atoms with E-state index in [9.17, 15) is 0 Å². The number of hydrogen-bond donors (Lipinski definition) is 0. The molecule has 0 radical (unpaired) electrons. The van der Waals surface area contributed by atoms with E-state index < -0.39 is 21.9 Å². The number of nitrogens with zero attached hydrogens (tertiary/aromatic N) is 1. The fourth-order valence-electron chi connectivity index (χ4n) is 1.20. The van der Waals surface area contributed by atoms with Crippen LogP contribution in [0.2, 0.25) is 9.36 Å². The molecule has 0 aromatic carbocycles. The van der Waals surface area contributed by atoms with Gasteiger partial charge in [0.05, 0.1) is 0 Å². The molecule has 0 saturated heterocycles. The molecule has 3 heteroatoms. The molecule has 0 heterocycles. The molecule has 0 bridgehead atoms. The van der Waals surface area contributed by atoms with Crippen molar-refractivity contribution in [3.8, 4) is 0 Å². The molecule has 0 amide bonds. The summed E-state index contributed by atoms with van der Waals surface area (Å²) in [6, 6.07) is 0. The number of rotatable bonds is 6. The van der Waals surface area contributed by atoms with Crippen molar-refractivity contribution < 1.29 is 2.85 Å². The van der Waals surface area contributed by atoms with Crippen LogP contribution in [-0.2, 0) is 2.85 Å². The third-order valence-corrected chi connectivity index (χ3v) is 4.77. The summed E-state index contributed by atoms with van der Waals surface area (Å²) in [6.07, 6.45) is 0.459. The molecule has 0 spiro atoms. The van der Waals surface area contributed by atoms with Crippen LogP contribution in [0.25, 0.3) is 0 Å². The van der Waals surface area contributed by atoms with Crippen molar-refractivity contribution in [1.82, 2.24) is 4.90 Å². The molecule has 78 valence electrons. The molecular formula is C10H24InNO. The summed E-state index contributed by atoms with van der Waals surface area (Å²) >= 11 is -1.50. The van der Waals surface area contributed by atoms with Crippen molar-refractivity contribution in [2.75, 3.05) is 20.1 Å². The molecule has 0 aliphatic rings. The quantitative estimate of drug-likeness (QED) is 0.743. The van der Waals surface area contributed by atoms with Gasteiger partial charge < -0.3 is 0 Å². The molecule has 0 aliphatic heterocycles. The Kier molecular flexibility index (Phi) is 7.56. The number of hydrogen-bond acceptors (Lipinski definition) is 2. The van der Waals surface area contributed by atoms with Gasteiger partial charge >= 0.3 is 91.9 Å². The van der Waals surface area contributed by atoms with Crippen LogP contribution < -0.4 is 0 Å². The second kappa shape index (κ2) is 7.13. The van der Waals surface area contributed by atoms with E-state index in [1.807, 2.05) is 0 Å². The molecule has 0 N–H and O–H groups in total. The Hall–Kier alpha value is 0.790. The van der Waals surface area contributed by atoms with Gasteiger partial charge in [-0.25, -0.2) is 0 Å². The average molecular weight is 289 g/mol. The van der Waals surface area contributed by atoms with Crippen molar-refractivity contribution in [2.45, 2.75) is 36.2 Å². The van der Waals surface area contributed by atoms with Gasteiger partial charge in [0.1, 0.15) is 0 Å². The van der Waals surface area contributed by atoms with E-state index in [4.69, 9.17) is 2.85 Å². The Morgan fingerprint density at radius 1 is 1.31 bits per heavy atom. The summed E-state index contributed by atoms with van der Waals surface area (Å²) in [6.45, 7) is 8.89. The zero-order valence-electron chi connectivity index (χ0n) is 10.0. The van der Waals surface area contributed by atoms with E-state index in [1.165, 1.54) is 0 Å². The Morgan fingerprint density at radius 2 is 1.85 bits per heavy atom. The van der Waals surface area contributed by atoms with Gasteiger partial charge in [-0.05, 0) is 0 Å². The van der Waals surface area contributed by atoms with Gasteiger partial charge in [0.25, 0.3) is 0 Å². The molecule has 1 unspecified atom stereocenters.